The summed E-state index contributed by atoms with van der Waals surface area (Å²) in [6.45, 7) is 9.26. The van der Waals surface area contributed by atoms with Crippen LogP contribution in [-0.4, -0.2) is 24.9 Å². The van der Waals surface area contributed by atoms with E-state index >= 15 is 0 Å². The second-order valence-electron chi connectivity index (χ2n) is 9.22. The topological polar surface area (TPSA) is 55.8 Å². The van der Waals surface area contributed by atoms with Gasteiger partial charge in [-0.2, -0.15) is 0 Å². The van der Waals surface area contributed by atoms with Crippen molar-refractivity contribution in [3.63, 3.8) is 0 Å². The highest BCUT2D eigenvalue weighted by molar-refractivity contribution is 6.07. The number of carbonyl (C=O) groups excluding carboxylic acids is 2. The quantitative estimate of drug-likeness (QED) is 0.591. The monoisotopic (exact) mass is 433 g/mol. The average molecular weight is 434 g/mol. The fraction of sp³-hybridized carbons (Fsp3) is 0.407. The smallest absolute Gasteiger partial charge is 0.232 e. The van der Waals surface area contributed by atoms with Gasteiger partial charge in [-0.25, -0.2) is 0 Å². The van der Waals surface area contributed by atoms with Gasteiger partial charge in [0.15, 0.2) is 5.78 Å². The molecule has 0 N–H and O–H groups in total. The molecule has 1 atom stereocenters. The number of hydrogen-bond acceptors (Lipinski definition) is 4. The molecular formula is C27H31NO4. The number of hydrogen-bond donors (Lipinski definition) is 0. The summed E-state index contributed by atoms with van der Waals surface area (Å²) >= 11 is 0. The molecule has 1 aliphatic carbocycles. The number of carbonyl (C=O) groups is 2. The van der Waals surface area contributed by atoms with Crippen molar-refractivity contribution < 1.29 is 19.1 Å². The number of amides is 1. The average Bonchev–Trinajstić information content (AvgIpc) is 2.74. The molecule has 0 fully saturated rings. The van der Waals surface area contributed by atoms with Crippen LogP contribution in [0.15, 0.2) is 59.8 Å². The summed E-state index contributed by atoms with van der Waals surface area (Å²) in [6.07, 6.45) is 1.44. The Balaban J connectivity index is 1.78. The predicted octanol–water partition coefficient (Wildman–Crippen LogP) is 5.65. The van der Waals surface area contributed by atoms with Gasteiger partial charge >= 0.3 is 0 Å². The number of ether oxygens (including phenoxy) is 2. The largest absolute Gasteiger partial charge is 0.494 e. The van der Waals surface area contributed by atoms with Crippen molar-refractivity contribution in [3.8, 4) is 11.5 Å². The summed E-state index contributed by atoms with van der Waals surface area (Å²) < 4.78 is 11.1. The Morgan fingerprint density at radius 3 is 2.00 bits per heavy atom. The molecule has 1 heterocycles. The molecule has 1 unspecified atom stereocenters. The van der Waals surface area contributed by atoms with E-state index in [9.17, 15) is 9.59 Å². The van der Waals surface area contributed by atoms with Gasteiger partial charge < -0.3 is 9.47 Å². The van der Waals surface area contributed by atoms with Crippen LogP contribution in [0.3, 0.4) is 0 Å². The minimum Gasteiger partial charge on any atom is -0.494 e. The standard InChI is InChI=1S/C27H31NO4/c1-5-31-20-11-7-18(8-12-20)22-15-25(30)28(19-9-13-21(14-10-19)32-6-2)23-16-27(3,4)17-24(29)26(22)23/h7-14,22H,5-6,15-17H2,1-4H3. The third-order valence-electron chi connectivity index (χ3n) is 6.14. The zero-order chi connectivity index (χ0) is 22.9. The summed E-state index contributed by atoms with van der Waals surface area (Å²) in [7, 11) is 0. The number of Topliss-reactive ketones (excluding diaryl/α,β-unsaturated/α-hetero) is 1. The van der Waals surface area contributed by atoms with Crippen LogP contribution in [0.25, 0.3) is 0 Å². The van der Waals surface area contributed by atoms with Crippen molar-refractivity contribution in [2.45, 2.75) is 52.9 Å². The molecule has 5 nitrogen and oxygen atoms in total. The molecule has 1 aliphatic heterocycles. The first-order valence-corrected chi connectivity index (χ1v) is 11.4. The number of nitrogens with zero attached hydrogens (tertiary/aromatic N) is 1. The molecule has 0 spiro atoms. The lowest BCUT2D eigenvalue weighted by Crippen LogP contribution is -2.43. The molecule has 2 aromatic carbocycles. The van der Waals surface area contributed by atoms with Gasteiger partial charge in [0.2, 0.25) is 5.91 Å². The molecule has 0 aromatic heterocycles. The SMILES string of the molecule is CCOc1ccc(C2CC(=O)N(c3ccc(OCC)cc3)C3=C2C(=O)CC(C)(C)C3)cc1. The van der Waals surface area contributed by atoms with Crippen molar-refractivity contribution in [2.24, 2.45) is 5.41 Å². The van der Waals surface area contributed by atoms with E-state index in [0.717, 1.165) is 34.0 Å². The lowest BCUT2D eigenvalue weighted by Gasteiger charge is -2.43. The van der Waals surface area contributed by atoms with E-state index in [1.54, 1.807) is 4.90 Å². The van der Waals surface area contributed by atoms with Crippen LogP contribution >= 0.6 is 0 Å². The van der Waals surface area contributed by atoms with Crippen molar-refractivity contribution >= 4 is 17.4 Å². The van der Waals surface area contributed by atoms with Gasteiger partial charge in [-0.05, 0) is 67.6 Å². The molecule has 32 heavy (non-hydrogen) atoms. The molecule has 5 heteroatoms. The van der Waals surface area contributed by atoms with E-state index in [1.165, 1.54) is 0 Å². The van der Waals surface area contributed by atoms with Crippen LogP contribution in [0, 0.1) is 5.41 Å². The predicted molar refractivity (Wildman–Crippen MR) is 125 cm³/mol. The number of ketones is 1. The molecule has 168 valence electrons. The zero-order valence-corrected chi connectivity index (χ0v) is 19.3. The van der Waals surface area contributed by atoms with Crippen LogP contribution in [0.2, 0.25) is 0 Å². The normalized spacial score (nSPS) is 20.2. The van der Waals surface area contributed by atoms with E-state index in [2.05, 4.69) is 13.8 Å². The molecule has 0 saturated heterocycles. The van der Waals surface area contributed by atoms with Crippen molar-refractivity contribution in [2.75, 3.05) is 18.1 Å². The Labute approximate surface area is 190 Å². The van der Waals surface area contributed by atoms with Crippen molar-refractivity contribution in [1.29, 1.82) is 0 Å². The molecule has 2 aromatic rings. The minimum atomic E-state index is -0.226. The number of anilines is 1. The fourth-order valence-electron chi connectivity index (χ4n) is 4.82. The molecule has 4 rings (SSSR count). The summed E-state index contributed by atoms with van der Waals surface area (Å²) in [5.41, 5.74) is 3.18. The first kappa shape index (κ1) is 22.1. The van der Waals surface area contributed by atoms with E-state index in [4.69, 9.17) is 9.47 Å². The van der Waals surface area contributed by atoms with E-state index < -0.39 is 0 Å². The van der Waals surface area contributed by atoms with Gasteiger partial charge in [-0.1, -0.05) is 26.0 Å². The number of rotatable bonds is 6. The Morgan fingerprint density at radius 2 is 1.44 bits per heavy atom. The lowest BCUT2D eigenvalue weighted by atomic mass is 9.69. The Kier molecular flexibility index (Phi) is 6.09. The van der Waals surface area contributed by atoms with Crippen molar-refractivity contribution in [1.82, 2.24) is 0 Å². The van der Waals surface area contributed by atoms with Crippen LogP contribution in [-0.2, 0) is 9.59 Å². The Hall–Kier alpha value is -3.08. The van der Waals surface area contributed by atoms with Crippen molar-refractivity contribution in [3.05, 3.63) is 65.4 Å². The maximum Gasteiger partial charge on any atom is 0.232 e. The Morgan fingerprint density at radius 1 is 0.875 bits per heavy atom. The summed E-state index contributed by atoms with van der Waals surface area (Å²) in [5.74, 6) is 1.48. The maximum atomic E-state index is 13.5. The third kappa shape index (κ3) is 4.29. The number of benzene rings is 2. The highest BCUT2D eigenvalue weighted by Crippen LogP contribution is 2.48. The van der Waals surface area contributed by atoms with E-state index in [-0.39, 0.29) is 29.4 Å². The zero-order valence-electron chi connectivity index (χ0n) is 19.3. The second-order valence-corrected chi connectivity index (χ2v) is 9.22. The third-order valence-corrected chi connectivity index (χ3v) is 6.14. The second kappa shape index (κ2) is 8.81. The fourth-order valence-corrected chi connectivity index (χ4v) is 4.82. The Bertz CT molecular complexity index is 1030. The maximum absolute atomic E-state index is 13.5. The molecule has 0 saturated carbocycles. The van der Waals surface area contributed by atoms with Gasteiger partial charge in [-0.3, -0.25) is 14.5 Å². The van der Waals surface area contributed by atoms with Gasteiger partial charge in [-0.15, -0.1) is 0 Å². The van der Waals surface area contributed by atoms with Crippen LogP contribution in [0.4, 0.5) is 5.69 Å². The number of allylic oxidation sites excluding steroid dienone is 2. The molecule has 0 radical (unpaired) electrons. The molecule has 0 bridgehead atoms. The first-order valence-electron chi connectivity index (χ1n) is 11.4. The van der Waals surface area contributed by atoms with E-state index in [0.29, 0.717) is 26.1 Å². The lowest BCUT2D eigenvalue weighted by molar-refractivity contribution is -0.121. The molecule has 1 amide bonds. The van der Waals surface area contributed by atoms with Crippen LogP contribution in [0.1, 0.15) is 58.4 Å². The van der Waals surface area contributed by atoms with Crippen LogP contribution < -0.4 is 14.4 Å². The van der Waals surface area contributed by atoms with Gasteiger partial charge in [0.25, 0.3) is 0 Å². The minimum absolute atomic E-state index is 0.0114. The first-order chi connectivity index (χ1) is 15.3. The highest BCUT2D eigenvalue weighted by atomic mass is 16.5. The molecule has 2 aliphatic rings. The summed E-state index contributed by atoms with van der Waals surface area (Å²) in [6, 6.07) is 15.3. The molecular weight excluding hydrogens is 402 g/mol. The van der Waals surface area contributed by atoms with Crippen LogP contribution in [0.5, 0.6) is 11.5 Å². The summed E-state index contributed by atoms with van der Waals surface area (Å²) in [4.78, 5) is 28.6. The van der Waals surface area contributed by atoms with Gasteiger partial charge in [0, 0.05) is 35.7 Å². The van der Waals surface area contributed by atoms with Gasteiger partial charge in [0.05, 0.1) is 13.2 Å². The highest BCUT2D eigenvalue weighted by Gasteiger charge is 2.44. The van der Waals surface area contributed by atoms with E-state index in [1.807, 2.05) is 62.4 Å². The van der Waals surface area contributed by atoms with Gasteiger partial charge in [0.1, 0.15) is 11.5 Å². The summed E-state index contributed by atoms with van der Waals surface area (Å²) in [5, 5.41) is 0.